The Morgan fingerprint density at radius 2 is 2.38 bits per heavy atom. The van der Waals surface area contributed by atoms with Crippen molar-refractivity contribution in [2.24, 2.45) is 0 Å². The monoisotopic (exact) mass is 330 g/mol. The number of carbonyl (C=O) groups is 1. The zero-order valence-corrected chi connectivity index (χ0v) is 14.0. The number of esters is 1. The molecular weight excluding hydrogens is 308 g/mol. The Kier molecular flexibility index (Phi) is 5.10. The van der Waals surface area contributed by atoms with E-state index in [1.54, 1.807) is 25.3 Å². The van der Waals surface area contributed by atoms with E-state index in [4.69, 9.17) is 9.47 Å². The Morgan fingerprint density at radius 3 is 3.12 bits per heavy atom. The molecule has 0 amide bonds. The third kappa shape index (κ3) is 3.73. The molecule has 1 aliphatic heterocycles. The maximum absolute atomic E-state index is 12.1. The highest BCUT2D eigenvalue weighted by Gasteiger charge is 2.25. The van der Waals surface area contributed by atoms with Crippen molar-refractivity contribution in [2.45, 2.75) is 26.5 Å². The lowest BCUT2D eigenvalue weighted by Gasteiger charge is -2.34. The van der Waals surface area contributed by atoms with Crippen LogP contribution < -0.4 is 4.90 Å². The molecule has 7 heteroatoms. The molecule has 0 radical (unpaired) electrons. The number of pyridine rings is 1. The number of aryl methyl sites for hydroxylation is 1. The van der Waals surface area contributed by atoms with Crippen LogP contribution in [0.3, 0.4) is 0 Å². The first-order chi connectivity index (χ1) is 11.7. The van der Waals surface area contributed by atoms with Crippen molar-refractivity contribution in [3.05, 3.63) is 41.9 Å². The maximum Gasteiger partial charge on any atom is 0.341 e. The molecule has 3 rings (SSSR count). The number of hydrogen-bond acceptors (Lipinski definition) is 6. The minimum atomic E-state index is -0.341. The molecule has 128 valence electrons. The van der Waals surface area contributed by atoms with Crippen LogP contribution in [0.25, 0.3) is 0 Å². The smallest absolute Gasteiger partial charge is 0.341 e. The van der Waals surface area contributed by atoms with Crippen LogP contribution in [-0.4, -0.2) is 53.1 Å². The summed E-state index contributed by atoms with van der Waals surface area (Å²) in [6.45, 7) is 6.76. The number of carbonyl (C=O) groups excluding carboxylic acids is 1. The Balaban J connectivity index is 1.74. The van der Waals surface area contributed by atoms with Gasteiger partial charge in [-0.05, 0) is 31.5 Å². The molecule has 7 nitrogen and oxygen atoms in total. The van der Waals surface area contributed by atoms with Gasteiger partial charge in [0.15, 0.2) is 0 Å². The first kappa shape index (κ1) is 16.4. The first-order valence-corrected chi connectivity index (χ1v) is 8.15. The number of anilines is 1. The molecule has 0 spiro atoms. The van der Waals surface area contributed by atoms with Crippen LogP contribution in [0, 0.1) is 6.92 Å². The second kappa shape index (κ2) is 7.44. The van der Waals surface area contributed by atoms with Gasteiger partial charge in [-0.15, -0.1) is 0 Å². The molecule has 0 bridgehead atoms. The molecule has 2 aromatic rings. The molecule has 1 saturated heterocycles. The molecule has 0 unspecified atom stereocenters. The topological polar surface area (TPSA) is 69.5 Å². The predicted octanol–water partition coefficient (Wildman–Crippen LogP) is 1.67. The van der Waals surface area contributed by atoms with Crippen molar-refractivity contribution >= 4 is 11.8 Å². The number of nitrogens with zero attached hydrogens (tertiary/aromatic N) is 4. The number of hydrogen-bond donors (Lipinski definition) is 0. The van der Waals surface area contributed by atoms with E-state index in [0.29, 0.717) is 44.2 Å². The van der Waals surface area contributed by atoms with Crippen LogP contribution in [0.1, 0.15) is 22.8 Å². The molecule has 0 saturated carbocycles. The second-order valence-corrected chi connectivity index (χ2v) is 5.77. The molecule has 3 heterocycles. The van der Waals surface area contributed by atoms with Gasteiger partial charge in [-0.2, -0.15) is 5.10 Å². The van der Waals surface area contributed by atoms with Crippen molar-refractivity contribution < 1.29 is 14.3 Å². The number of rotatable bonds is 5. The highest BCUT2D eigenvalue weighted by molar-refractivity contribution is 5.94. The highest BCUT2D eigenvalue weighted by Crippen LogP contribution is 2.21. The van der Waals surface area contributed by atoms with E-state index >= 15 is 0 Å². The fourth-order valence-electron chi connectivity index (χ4n) is 2.81. The summed E-state index contributed by atoms with van der Waals surface area (Å²) in [5.74, 6) is 0.312. The summed E-state index contributed by atoms with van der Waals surface area (Å²) >= 11 is 0. The minimum absolute atomic E-state index is 0.00454. The van der Waals surface area contributed by atoms with Crippen LogP contribution in [0.5, 0.6) is 0 Å². The van der Waals surface area contributed by atoms with E-state index in [1.165, 1.54) is 0 Å². The summed E-state index contributed by atoms with van der Waals surface area (Å²) in [5, 5.41) is 4.31. The van der Waals surface area contributed by atoms with Crippen molar-refractivity contribution in [3.8, 4) is 0 Å². The molecular formula is C17H22N4O3. The third-order valence-electron chi connectivity index (χ3n) is 3.87. The summed E-state index contributed by atoms with van der Waals surface area (Å²) in [5.41, 5.74) is 1.62. The molecule has 1 aliphatic rings. The molecule has 1 fully saturated rings. The summed E-state index contributed by atoms with van der Waals surface area (Å²) in [6, 6.07) is 3.50. The Hall–Kier alpha value is -2.41. The van der Waals surface area contributed by atoms with Gasteiger partial charge in [0.1, 0.15) is 11.4 Å². The highest BCUT2D eigenvalue weighted by atomic mass is 16.5. The quantitative estimate of drug-likeness (QED) is 0.777. The van der Waals surface area contributed by atoms with Gasteiger partial charge in [0, 0.05) is 25.5 Å². The lowest BCUT2D eigenvalue weighted by Crippen LogP contribution is -2.45. The van der Waals surface area contributed by atoms with Crippen molar-refractivity contribution in [1.29, 1.82) is 0 Å². The SMILES string of the molecule is CCOC(=O)c1cccnc1N1CCO[C@H](Cn2cc(C)cn2)C1. The summed E-state index contributed by atoms with van der Waals surface area (Å²) < 4.78 is 12.9. The number of aromatic nitrogens is 3. The lowest BCUT2D eigenvalue weighted by molar-refractivity contribution is 0.0269. The van der Waals surface area contributed by atoms with Gasteiger partial charge in [0.25, 0.3) is 0 Å². The molecule has 0 aromatic carbocycles. The molecule has 2 aromatic heterocycles. The standard InChI is InChI=1S/C17H22N4O3/c1-3-23-17(22)15-5-4-6-18-16(15)20-7-8-24-14(11-20)12-21-10-13(2)9-19-21/h4-6,9-10,14H,3,7-8,11-12H2,1-2H3/t14-/m0/s1. The van der Waals surface area contributed by atoms with Gasteiger partial charge in [0.2, 0.25) is 0 Å². The van der Waals surface area contributed by atoms with E-state index in [9.17, 15) is 4.79 Å². The molecule has 1 atom stereocenters. The van der Waals surface area contributed by atoms with Crippen LogP contribution in [-0.2, 0) is 16.0 Å². The van der Waals surface area contributed by atoms with E-state index in [2.05, 4.69) is 15.0 Å². The summed E-state index contributed by atoms with van der Waals surface area (Å²) in [4.78, 5) is 18.6. The zero-order chi connectivity index (χ0) is 16.9. The van der Waals surface area contributed by atoms with Crippen molar-refractivity contribution in [2.75, 3.05) is 31.2 Å². The van der Waals surface area contributed by atoms with Crippen molar-refractivity contribution in [1.82, 2.24) is 14.8 Å². The zero-order valence-electron chi connectivity index (χ0n) is 14.0. The third-order valence-corrected chi connectivity index (χ3v) is 3.87. The van der Waals surface area contributed by atoms with E-state index in [0.717, 1.165) is 5.56 Å². The average Bonchev–Trinajstić information content (AvgIpc) is 3.00. The van der Waals surface area contributed by atoms with E-state index < -0.39 is 0 Å². The first-order valence-electron chi connectivity index (χ1n) is 8.15. The van der Waals surface area contributed by atoms with Gasteiger partial charge in [-0.3, -0.25) is 4.68 Å². The lowest BCUT2D eigenvalue weighted by atomic mass is 10.2. The van der Waals surface area contributed by atoms with Gasteiger partial charge in [-0.25, -0.2) is 9.78 Å². The van der Waals surface area contributed by atoms with Gasteiger partial charge < -0.3 is 14.4 Å². The number of morpholine rings is 1. The normalized spacial score (nSPS) is 17.8. The van der Waals surface area contributed by atoms with Crippen LogP contribution in [0.15, 0.2) is 30.7 Å². The van der Waals surface area contributed by atoms with Gasteiger partial charge in [0.05, 0.1) is 32.1 Å². The summed E-state index contributed by atoms with van der Waals surface area (Å²) in [6.07, 6.45) is 5.51. The van der Waals surface area contributed by atoms with Crippen LogP contribution in [0.4, 0.5) is 5.82 Å². The largest absolute Gasteiger partial charge is 0.462 e. The Morgan fingerprint density at radius 1 is 1.50 bits per heavy atom. The Labute approximate surface area is 141 Å². The average molecular weight is 330 g/mol. The Bertz CT molecular complexity index is 701. The van der Waals surface area contributed by atoms with Crippen LogP contribution in [0.2, 0.25) is 0 Å². The maximum atomic E-state index is 12.1. The summed E-state index contributed by atoms with van der Waals surface area (Å²) in [7, 11) is 0. The van der Waals surface area contributed by atoms with Crippen molar-refractivity contribution in [3.63, 3.8) is 0 Å². The number of ether oxygens (including phenoxy) is 2. The predicted molar refractivity (Wildman–Crippen MR) is 89.1 cm³/mol. The molecule has 0 N–H and O–H groups in total. The van der Waals surface area contributed by atoms with Gasteiger partial charge in [-0.1, -0.05) is 0 Å². The second-order valence-electron chi connectivity index (χ2n) is 5.77. The van der Waals surface area contributed by atoms with Gasteiger partial charge >= 0.3 is 5.97 Å². The molecule has 24 heavy (non-hydrogen) atoms. The fourth-order valence-corrected chi connectivity index (χ4v) is 2.81. The van der Waals surface area contributed by atoms with E-state index in [1.807, 2.05) is 24.0 Å². The van der Waals surface area contributed by atoms with Crippen LogP contribution >= 0.6 is 0 Å². The minimum Gasteiger partial charge on any atom is -0.462 e. The van der Waals surface area contributed by atoms with E-state index in [-0.39, 0.29) is 12.1 Å². The molecule has 0 aliphatic carbocycles. The fraction of sp³-hybridized carbons (Fsp3) is 0.471.